The minimum Gasteiger partial charge on any atom is -0.373 e. The van der Waals surface area contributed by atoms with Crippen molar-refractivity contribution in [3.63, 3.8) is 0 Å². The smallest absolute Gasteiger partial charge is 0.245 e. The van der Waals surface area contributed by atoms with Crippen molar-refractivity contribution >= 4 is 11.6 Å². The summed E-state index contributed by atoms with van der Waals surface area (Å²) in [6.45, 7) is 6.37. The van der Waals surface area contributed by atoms with Gasteiger partial charge in [-0.05, 0) is 29.9 Å². The monoisotopic (exact) mass is 258 g/mol. The van der Waals surface area contributed by atoms with Crippen LogP contribution in [-0.2, 0) is 11.2 Å². The molecule has 0 saturated carbocycles. The van der Waals surface area contributed by atoms with Crippen LogP contribution in [0.3, 0.4) is 0 Å². The number of anilines is 1. The van der Waals surface area contributed by atoms with E-state index in [1.807, 2.05) is 17.0 Å². The summed E-state index contributed by atoms with van der Waals surface area (Å²) in [6, 6.07) is 8.17. The first kappa shape index (κ1) is 12.5. The number of hydrogen-bond acceptors (Lipinski definition) is 2. The zero-order valence-electron chi connectivity index (χ0n) is 11.7. The normalized spacial score (nSPS) is 29.8. The van der Waals surface area contributed by atoms with E-state index in [0.29, 0.717) is 5.92 Å². The van der Waals surface area contributed by atoms with Gasteiger partial charge in [0.25, 0.3) is 0 Å². The number of piperidine rings is 1. The number of likely N-dealkylation sites (tertiary alicyclic amines) is 1. The molecule has 1 aromatic rings. The number of fused-ring (bicyclic) bond motifs is 1. The molecule has 0 spiro atoms. The second-order valence-corrected chi connectivity index (χ2v) is 6.09. The van der Waals surface area contributed by atoms with Gasteiger partial charge < -0.3 is 10.2 Å². The molecule has 2 aliphatic rings. The highest BCUT2D eigenvalue weighted by Crippen LogP contribution is 2.28. The van der Waals surface area contributed by atoms with E-state index in [4.69, 9.17) is 0 Å². The lowest BCUT2D eigenvalue weighted by atomic mass is 9.88. The van der Waals surface area contributed by atoms with Crippen LogP contribution in [0.1, 0.15) is 25.8 Å². The molecule has 2 heterocycles. The lowest BCUT2D eigenvalue weighted by molar-refractivity contribution is -0.134. The summed E-state index contributed by atoms with van der Waals surface area (Å²) in [6.07, 6.45) is 1.96. The van der Waals surface area contributed by atoms with Gasteiger partial charge in [0.15, 0.2) is 0 Å². The van der Waals surface area contributed by atoms with Crippen molar-refractivity contribution in [3.05, 3.63) is 29.8 Å². The van der Waals surface area contributed by atoms with Gasteiger partial charge in [-0.2, -0.15) is 0 Å². The van der Waals surface area contributed by atoms with Crippen molar-refractivity contribution in [2.24, 2.45) is 11.8 Å². The summed E-state index contributed by atoms with van der Waals surface area (Å²) >= 11 is 0. The molecule has 1 saturated heterocycles. The van der Waals surface area contributed by atoms with E-state index in [1.165, 1.54) is 5.56 Å². The van der Waals surface area contributed by atoms with Gasteiger partial charge in [0.05, 0.1) is 0 Å². The quantitative estimate of drug-likeness (QED) is 0.839. The Hall–Kier alpha value is -1.51. The van der Waals surface area contributed by atoms with Crippen LogP contribution in [0.4, 0.5) is 5.69 Å². The van der Waals surface area contributed by atoms with Gasteiger partial charge in [0.1, 0.15) is 6.04 Å². The molecule has 3 unspecified atom stereocenters. The van der Waals surface area contributed by atoms with Gasteiger partial charge >= 0.3 is 0 Å². The van der Waals surface area contributed by atoms with Gasteiger partial charge in [0, 0.05) is 25.2 Å². The maximum Gasteiger partial charge on any atom is 0.245 e. The highest BCUT2D eigenvalue weighted by Gasteiger charge is 2.33. The Bertz CT molecular complexity index is 460. The fourth-order valence-corrected chi connectivity index (χ4v) is 3.13. The van der Waals surface area contributed by atoms with Crippen LogP contribution >= 0.6 is 0 Å². The summed E-state index contributed by atoms with van der Waals surface area (Å²) in [5, 5.41) is 3.37. The lowest BCUT2D eigenvalue weighted by Crippen LogP contribution is -2.48. The Kier molecular flexibility index (Phi) is 3.21. The predicted molar refractivity (Wildman–Crippen MR) is 77.1 cm³/mol. The third kappa shape index (κ3) is 2.34. The van der Waals surface area contributed by atoms with E-state index in [0.717, 1.165) is 37.5 Å². The number of hydrogen-bond donors (Lipinski definition) is 1. The van der Waals surface area contributed by atoms with Crippen LogP contribution < -0.4 is 5.32 Å². The third-order valence-corrected chi connectivity index (χ3v) is 4.72. The first-order valence-electron chi connectivity index (χ1n) is 7.28. The van der Waals surface area contributed by atoms with Crippen molar-refractivity contribution in [1.29, 1.82) is 0 Å². The minimum absolute atomic E-state index is 0.0574. The Morgan fingerprint density at radius 1 is 1.26 bits per heavy atom. The highest BCUT2D eigenvalue weighted by molar-refractivity contribution is 5.87. The molecule has 3 rings (SSSR count). The Balaban J connectivity index is 1.67. The second kappa shape index (κ2) is 4.87. The van der Waals surface area contributed by atoms with E-state index in [-0.39, 0.29) is 11.9 Å². The van der Waals surface area contributed by atoms with Gasteiger partial charge in [-0.3, -0.25) is 4.79 Å². The Morgan fingerprint density at radius 2 is 2.05 bits per heavy atom. The van der Waals surface area contributed by atoms with E-state index in [9.17, 15) is 4.79 Å². The fourth-order valence-electron chi connectivity index (χ4n) is 3.13. The number of benzene rings is 1. The average molecular weight is 258 g/mol. The Morgan fingerprint density at radius 3 is 2.79 bits per heavy atom. The van der Waals surface area contributed by atoms with Crippen molar-refractivity contribution < 1.29 is 4.79 Å². The largest absolute Gasteiger partial charge is 0.373 e. The molecular formula is C16H22N2O. The van der Waals surface area contributed by atoms with E-state index in [1.54, 1.807) is 0 Å². The molecule has 3 nitrogen and oxygen atoms in total. The van der Waals surface area contributed by atoms with E-state index in [2.05, 4.69) is 31.3 Å². The topological polar surface area (TPSA) is 32.3 Å². The maximum absolute atomic E-state index is 12.6. The fraction of sp³-hybridized carbons (Fsp3) is 0.562. The SMILES string of the molecule is CC1CCN(C(=O)C2Cc3ccccc3N2)CC1C. The molecule has 19 heavy (non-hydrogen) atoms. The number of carbonyl (C=O) groups excluding carboxylic acids is 1. The van der Waals surface area contributed by atoms with Crippen molar-refractivity contribution in [1.82, 2.24) is 4.90 Å². The second-order valence-electron chi connectivity index (χ2n) is 6.09. The first-order valence-corrected chi connectivity index (χ1v) is 7.28. The van der Waals surface area contributed by atoms with Gasteiger partial charge in [-0.1, -0.05) is 32.0 Å². The molecule has 1 aromatic carbocycles. The minimum atomic E-state index is -0.0574. The molecule has 102 valence electrons. The molecule has 0 radical (unpaired) electrons. The summed E-state index contributed by atoms with van der Waals surface area (Å²) < 4.78 is 0. The standard InChI is InChI=1S/C16H22N2O/c1-11-7-8-18(10-12(11)2)16(19)15-9-13-5-3-4-6-14(13)17-15/h3-6,11-12,15,17H,7-10H2,1-2H3. The maximum atomic E-state index is 12.6. The molecular weight excluding hydrogens is 236 g/mol. The predicted octanol–water partition coefficient (Wildman–Crippen LogP) is 2.53. The lowest BCUT2D eigenvalue weighted by Gasteiger charge is -2.36. The molecule has 3 atom stereocenters. The van der Waals surface area contributed by atoms with Crippen LogP contribution in [0.5, 0.6) is 0 Å². The van der Waals surface area contributed by atoms with Crippen LogP contribution in [0.15, 0.2) is 24.3 Å². The summed E-state index contributed by atoms with van der Waals surface area (Å²) in [7, 11) is 0. The third-order valence-electron chi connectivity index (χ3n) is 4.72. The summed E-state index contributed by atoms with van der Waals surface area (Å²) in [5.74, 6) is 1.62. The van der Waals surface area contributed by atoms with Crippen molar-refractivity contribution in [2.45, 2.75) is 32.7 Å². The van der Waals surface area contributed by atoms with Crippen molar-refractivity contribution in [3.8, 4) is 0 Å². The molecule has 3 heteroatoms. The zero-order valence-corrected chi connectivity index (χ0v) is 11.7. The van der Waals surface area contributed by atoms with Crippen molar-refractivity contribution in [2.75, 3.05) is 18.4 Å². The van der Waals surface area contributed by atoms with Crippen LogP contribution in [0.2, 0.25) is 0 Å². The molecule has 0 bridgehead atoms. The average Bonchev–Trinajstić information content (AvgIpc) is 2.85. The number of nitrogens with one attached hydrogen (secondary N) is 1. The number of rotatable bonds is 1. The van der Waals surface area contributed by atoms with E-state index < -0.39 is 0 Å². The first-order chi connectivity index (χ1) is 9.15. The van der Waals surface area contributed by atoms with Crippen LogP contribution in [-0.4, -0.2) is 29.9 Å². The summed E-state index contributed by atoms with van der Waals surface area (Å²) in [4.78, 5) is 14.6. The number of carbonyl (C=O) groups is 1. The molecule has 1 amide bonds. The van der Waals surface area contributed by atoms with Crippen LogP contribution in [0.25, 0.3) is 0 Å². The zero-order chi connectivity index (χ0) is 13.4. The number of amides is 1. The highest BCUT2D eigenvalue weighted by atomic mass is 16.2. The Labute approximate surface area is 115 Å². The van der Waals surface area contributed by atoms with E-state index >= 15 is 0 Å². The van der Waals surface area contributed by atoms with Gasteiger partial charge in [-0.15, -0.1) is 0 Å². The summed E-state index contributed by atoms with van der Waals surface area (Å²) in [5.41, 5.74) is 2.39. The van der Waals surface area contributed by atoms with Crippen LogP contribution in [0, 0.1) is 11.8 Å². The number of nitrogens with zero attached hydrogens (tertiary/aromatic N) is 1. The molecule has 0 aromatic heterocycles. The molecule has 1 fully saturated rings. The van der Waals surface area contributed by atoms with Gasteiger partial charge in [-0.25, -0.2) is 0 Å². The van der Waals surface area contributed by atoms with Gasteiger partial charge in [0.2, 0.25) is 5.91 Å². The number of para-hydroxylation sites is 1. The molecule has 2 aliphatic heterocycles. The molecule has 1 N–H and O–H groups in total. The molecule has 0 aliphatic carbocycles.